The maximum absolute atomic E-state index is 10.2. The summed E-state index contributed by atoms with van der Waals surface area (Å²) in [5.74, 6) is -1.00. The molecule has 0 aromatic carbocycles. The lowest BCUT2D eigenvalue weighted by atomic mass is 10.2. The highest BCUT2D eigenvalue weighted by atomic mass is 16.6. The standard InChI is InChI=1S/C22H30O3/c1-2-3-4-5-11-14-17-20-21(25-20)18-15-12-9-7-6-8-10-13-16-19-22(23)24/h3-4,6-7,9-15,18,20-21H,2,5,8,16-17,19H2,1H3,(H,23,24)/p-1/b4-3-,7-6-,12-9+,13-10-,14-11-,18-15+/t20-,21-/m0/s1. The molecule has 1 fully saturated rings. The van der Waals surface area contributed by atoms with Gasteiger partial charge in [-0.2, -0.15) is 0 Å². The van der Waals surface area contributed by atoms with Gasteiger partial charge in [-0.1, -0.05) is 79.8 Å². The third-order valence-electron chi connectivity index (χ3n) is 3.56. The van der Waals surface area contributed by atoms with Crippen LogP contribution in [0.5, 0.6) is 0 Å². The van der Waals surface area contributed by atoms with Crippen LogP contribution in [0.3, 0.4) is 0 Å². The van der Waals surface area contributed by atoms with E-state index in [-0.39, 0.29) is 12.5 Å². The van der Waals surface area contributed by atoms with Gasteiger partial charge in [0, 0.05) is 5.97 Å². The number of hydrogen-bond donors (Lipinski definition) is 0. The molecule has 0 N–H and O–H groups in total. The van der Waals surface area contributed by atoms with Crippen LogP contribution in [0.1, 0.15) is 45.4 Å². The van der Waals surface area contributed by atoms with Gasteiger partial charge in [0.1, 0.15) is 6.10 Å². The van der Waals surface area contributed by atoms with E-state index < -0.39 is 5.97 Å². The first-order valence-corrected chi connectivity index (χ1v) is 9.04. The van der Waals surface area contributed by atoms with Gasteiger partial charge < -0.3 is 14.6 Å². The first kappa shape index (κ1) is 20.9. The first-order valence-electron chi connectivity index (χ1n) is 9.04. The van der Waals surface area contributed by atoms with E-state index in [1.807, 2.05) is 42.5 Å². The molecule has 0 saturated carbocycles. The van der Waals surface area contributed by atoms with Gasteiger partial charge in [0.15, 0.2) is 0 Å². The number of carboxylic acid groups (broad SMARTS) is 1. The van der Waals surface area contributed by atoms with Crippen LogP contribution >= 0.6 is 0 Å². The minimum absolute atomic E-state index is 0.0842. The van der Waals surface area contributed by atoms with Gasteiger partial charge in [-0.05, 0) is 38.5 Å². The Balaban J connectivity index is 2.04. The third kappa shape index (κ3) is 12.9. The smallest absolute Gasteiger partial charge is 0.103 e. The average Bonchev–Trinajstić information content (AvgIpc) is 3.34. The number of ether oxygens (including phenoxy) is 1. The predicted molar refractivity (Wildman–Crippen MR) is 102 cm³/mol. The fourth-order valence-corrected chi connectivity index (χ4v) is 2.14. The number of allylic oxidation sites excluding steroid dienone is 10. The molecule has 0 bridgehead atoms. The van der Waals surface area contributed by atoms with Crippen LogP contribution in [0.25, 0.3) is 0 Å². The van der Waals surface area contributed by atoms with Crippen LogP contribution in [0.2, 0.25) is 0 Å². The molecule has 1 aliphatic heterocycles. The van der Waals surface area contributed by atoms with Crippen molar-refractivity contribution in [3.05, 3.63) is 72.9 Å². The zero-order valence-corrected chi connectivity index (χ0v) is 15.1. The van der Waals surface area contributed by atoms with Crippen LogP contribution in [0.4, 0.5) is 0 Å². The summed E-state index contributed by atoms with van der Waals surface area (Å²) < 4.78 is 5.58. The second-order valence-corrected chi connectivity index (χ2v) is 5.78. The molecule has 25 heavy (non-hydrogen) atoms. The zero-order chi connectivity index (χ0) is 18.2. The largest absolute Gasteiger partial charge is 0.550 e. The van der Waals surface area contributed by atoms with E-state index in [2.05, 4.69) is 37.3 Å². The molecule has 136 valence electrons. The average molecular weight is 341 g/mol. The van der Waals surface area contributed by atoms with Gasteiger partial charge in [-0.25, -0.2) is 0 Å². The number of carbonyl (C=O) groups excluding carboxylic acids is 1. The molecule has 2 atom stereocenters. The number of epoxide rings is 1. The SMILES string of the molecule is CC/C=C\C/C=C\C[C@@H]1O[C@H]1/C=C/C=C/C=C\C/C=C\CCC(=O)[O-]. The van der Waals surface area contributed by atoms with Gasteiger partial charge in [-0.15, -0.1) is 0 Å². The summed E-state index contributed by atoms with van der Waals surface area (Å²) in [6.07, 6.45) is 29.7. The summed E-state index contributed by atoms with van der Waals surface area (Å²) in [5, 5.41) is 10.2. The van der Waals surface area contributed by atoms with E-state index in [0.29, 0.717) is 12.5 Å². The molecule has 1 saturated heterocycles. The van der Waals surface area contributed by atoms with Crippen molar-refractivity contribution >= 4 is 5.97 Å². The van der Waals surface area contributed by atoms with Crippen molar-refractivity contribution in [2.24, 2.45) is 0 Å². The molecule has 0 unspecified atom stereocenters. The molecule has 3 nitrogen and oxygen atoms in total. The number of carboxylic acids is 1. The second kappa shape index (κ2) is 14.2. The fourth-order valence-electron chi connectivity index (χ4n) is 2.14. The topological polar surface area (TPSA) is 52.7 Å². The Hall–Kier alpha value is -2.13. The Kier molecular flexibility index (Phi) is 11.9. The van der Waals surface area contributed by atoms with Crippen LogP contribution < -0.4 is 5.11 Å². The summed E-state index contributed by atoms with van der Waals surface area (Å²) in [6.45, 7) is 2.14. The quantitative estimate of drug-likeness (QED) is 0.286. The van der Waals surface area contributed by atoms with E-state index in [1.54, 1.807) is 0 Å². The Morgan fingerprint density at radius 3 is 2.44 bits per heavy atom. The molecule has 0 aromatic heterocycles. The molecule has 1 heterocycles. The first-order chi connectivity index (χ1) is 12.2. The van der Waals surface area contributed by atoms with Crippen molar-refractivity contribution in [3.8, 4) is 0 Å². The lowest BCUT2D eigenvalue weighted by Crippen LogP contribution is -2.21. The maximum atomic E-state index is 10.2. The Labute approximate surface area is 151 Å². The van der Waals surface area contributed by atoms with E-state index in [0.717, 1.165) is 25.7 Å². The van der Waals surface area contributed by atoms with Crippen LogP contribution in [0, 0.1) is 0 Å². The molecule has 3 heteroatoms. The lowest BCUT2D eigenvalue weighted by Gasteiger charge is -1.94. The van der Waals surface area contributed by atoms with Crippen LogP contribution in [-0.2, 0) is 9.53 Å². The summed E-state index contributed by atoms with van der Waals surface area (Å²) >= 11 is 0. The highest BCUT2D eigenvalue weighted by Gasteiger charge is 2.34. The molecule has 1 rings (SSSR count). The number of aliphatic carboxylic acids is 1. The summed E-state index contributed by atoms with van der Waals surface area (Å²) in [7, 11) is 0. The van der Waals surface area contributed by atoms with E-state index in [1.165, 1.54) is 0 Å². The monoisotopic (exact) mass is 341 g/mol. The molecule has 0 radical (unpaired) electrons. The van der Waals surface area contributed by atoms with Crippen LogP contribution in [0.15, 0.2) is 72.9 Å². The zero-order valence-electron chi connectivity index (χ0n) is 15.1. The molecular formula is C22H29O3-. The summed E-state index contributed by atoms with van der Waals surface area (Å²) in [5.41, 5.74) is 0. The van der Waals surface area contributed by atoms with Crippen molar-refractivity contribution in [1.29, 1.82) is 0 Å². The highest BCUT2D eigenvalue weighted by Crippen LogP contribution is 2.26. The van der Waals surface area contributed by atoms with Crippen molar-refractivity contribution < 1.29 is 14.6 Å². The van der Waals surface area contributed by atoms with Gasteiger partial charge >= 0.3 is 0 Å². The Morgan fingerprint density at radius 1 is 0.920 bits per heavy atom. The molecular weight excluding hydrogens is 312 g/mol. The Bertz CT molecular complexity index is 535. The maximum Gasteiger partial charge on any atom is 0.103 e. The molecule has 0 amide bonds. The Morgan fingerprint density at radius 2 is 1.64 bits per heavy atom. The molecule has 0 spiro atoms. The normalized spacial score (nSPS) is 21.2. The van der Waals surface area contributed by atoms with E-state index in [4.69, 9.17) is 4.74 Å². The minimum atomic E-state index is -1.00. The minimum Gasteiger partial charge on any atom is -0.550 e. The summed E-state index contributed by atoms with van der Waals surface area (Å²) in [4.78, 5) is 10.2. The van der Waals surface area contributed by atoms with E-state index >= 15 is 0 Å². The molecule has 0 aliphatic carbocycles. The fraction of sp³-hybridized carbons (Fsp3) is 0.409. The lowest BCUT2D eigenvalue weighted by molar-refractivity contribution is -0.305. The van der Waals surface area contributed by atoms with Crippen molar-refractivity contribution in [2.75, 3.05) is 0 Å². The van der Waals surface area contributed by atoms with E-state index in [9.17, 15) is 9.90 Å². The number of hydrogen-bond acceptors (Lipinski definition) is 3. The van der Waals surface area contributed by atoms with Crippen LogP contribution in [-0.4, -0.2) is 18.2 Å². The van der Waals surface area contributed by atoms with Gasteiger partial charge in [0.05, 0.1) is 6.10 Å². The molecule has 0 aromatic rings. The van der Waals surface area contributed by atoms with Gasteiger partial charge in [0.25, 0.3) is 0 Å². The van der Waals surface area contributed by atoms with Gasteiger partial charge in [0.2, 0.25) is 0 Å². The molecule has 1 aliphatic rings. The van der Waals surface area contributed by atoms with Gasteiger partial charge in [-0.3, -0.25) is 0 Å². The third-order valence-corrected chi connectivity index (χ3v) is 3.56. The van der Waals surface area contributed by atoms with Crippen molar-refractivity contribution in [2.45, 2.75) is 57.7 Å². The number of carbonyl (C=O) groups is 1. The van der Waals surface area contributed by atoms with Crippen molar-refractivity contribution in [1.82, 2.24) is 0 Å². The summed E-state index contributed by atoms with van der Waals surface area (Å²) in [6, 6.07) is 0. The predicted octanol–water partition coefficient (Wildman–Crippen LogP) is 4.20. The van der Waals surface area contributed by atoms with Crippen molar-refractivity contribution in [3.63, 3.8) is 0 Å². The second-order valence-electron chi connectivity index (χ2n) is 5.78. The highest BCUT2D eigenvalue weighted by molar-refractivity contribution is 5.64. The number of rotatable bonds is 13.